The highest BCUT2D eigenvalue weighted by atomic mass is 35.5. The molecule has 1 N–H and O–H groups in total. The lowest BCUT2D eigenvalue weighted by molar-refractivity contribution is -0.144. The van der Waals surface area contributed by atoms with Crippen molar-refractivity contribution in [3.63, 3.8) is 0 Å². The highest BCUT2D eigenvalue weighted by molar-refractivity contribution is 6.30. The van der Waals surface area contributed by atoms with Crippen LogP contribution in [0, 0.1) is 0 Å². The summed E-state index contributed by atoms with van der Waals surface area (Å²) in [5.74, 6) is -0.234. The topological polar surface area (TPSA) is 66.8 Å². The summed E-state index contributed by atoms with van der Waals surface area (Å²) in [4.78, 5) is 25.7. The molecule has 0 saturated heterocycles. The number of halogens is 1. The molecular weight excluding hydrogens is 474 g/mol. The van der Waals surface area contributed by atoms with Gasteiger partial charge < -0.3 is 14.7 Å². The Morgan fingerprint density at radius 1 is 0.972 bits per heavy atom. The third-order valence-corrected chi connectivity index (χ3v) is 6.83. The average molecular weight is 506 g/mol. The minimum Gasteiger partial charge on any atom is -0.487 e. The molecule has 1 atom stereocenters. The Balaban J connectivity index is 1.32. The number of carbonyl (C=O) groups is 2. The van der Waals surface area contributed by atoms with E-state index in [2.05, 4.69) is 13.0 Å². The van der Waals surface area contributed by atoms with Gasteiger partial charge in [-0.3, -0.25) is 9.59 Å². The molecule has 0 unspecified atom stereocenters. The van der Waals surface area contributed by atoms with Crippen LogP contribution in [0.5, 0.6) is 5.75 Å². The quantitative estimate of drug-likeness (QED) is 0.360. The van der Waals surface area contributed by atoms with Crippen molar-refractivity contribution in [1.82, 2.24) is 4.90 Å². The van der Waals surface area contributed by atoms with E-state index < -0.39 is 5.97 Å². The first-order valence-electron chi connectivity index (χ1n) is 12.4. The fraction of sp³-hybridized carbons (Fsp3) is 0.333. The number of carboxylic acids is 1. The molecule has 0 spiro atoms. The van der Waals surface area contributed by atoms with Crippen LogP contribution < -0.4 is 4.74 Å². The number of fused-ring (bicyclic) bond motifs is 1. The van der Waals surface area contributed by atoms with E-state index in [1.807, 2.05) is 66.7 Å². The molecule has 0 bridgehead atoms. The number of carbonyl (C=O) groups excluding carboxylic acids is 1. The van der Waals surface area contributed by atoms with Gasteiger partial charge in [-0.2, -0.15) is 0 Å². The minimum absolute atomic E-state index is 0.130. The van der Waals surface area contributed by atoms with Crippen molar-refractivity contribution in [2.24, 2.45) is 0 Å². The molecule has 1 amide bonds. The van der Waals surface area contributed by atoms with Crippen molar-refractivity contribution in [3.8, 4) is 5.75 Å². The van der Waals surface area contributed by atoms with Crippen LogP contribution in [0.1, 0.15) is 42.0 Å². The van der Waals surface area contributed by atoms with Gasteiger partial charge in [0.1, 0.15) is 17.9 Å². The van der Waals surface area contributed by atoms with E-state index in [1.165, 1.54) is 16.0 Å². The maximum absolute atomic E-state index is 12.9. The largest absolute Gasteiger partial charge is 0.487 e. The number of aliphatic carboxylic acids is 1. The molecule has 5 nitrogen and oxygen atoms in total. The monoisotopic (exact) mass is 505 g/mol. The summed E-state index contributed by atoms with van der Waals surface area (Å²) in [7, 11) is 0. The van der Waals surface area contributed by atoms with Crippen LogP contribution in [0.2, 0.25) is 5.02 Å². The minimum atomic E-state index is -0.988. The fourth-order valence-corrected chi connectivity index (χ4v) is 4.97. The van der Waals surface area contributed by atoms with Crippen LogP contribution >= 0.6 is 11.6 Å². The van der Waals surface area contributed by atoms with E-state index in [0.29, 0.717) is 13.0 Å². The Bertz CT molecular complexity index is 1200. The van der Waals surface area contributed by atoms with Crippen molar-refractivity contribution in [1.29, 1.82) is 0 Å². The van der Waals surface area contributed by atoms with Crippen molar-refractivity contribution in [2.75, 3.05) is 13.1 Å². The lowest BCUT2D eigenvalue weighted by Gasteiger charge is -2.24. The van der Waals surface area contributed by atoms with Crippen LogP contribution in [0.4, 0.5) is 0 Å². The Morgan fingerprint density at radius 3 is 2.42 bits per heavy atom. The van der Waals surface area contributed by atoms with Crippen LogP contribution in [0.15, 0.2) is 72.8 Å². The number of hydrogen-bond donors (Lipinski definition) is 1. The highest BCUT2D eigenvalue weighted by Crippen LogP contribution is 2.37. The van der Waals surface area contributed by atoms with Gasteiger partial charge in [0.15, 0.2) is 0 Å². The predicted octanol–water partition coefficient (Wildman–Crippen LogP) is 5.75. The Morgan fingerprint density at radius 2 is 1.69 bits per heavy atom. The number of ether oxygens (including phenoxy) is 1. The van der Waals surface area contributed by atoms with E-state index in [4.69, 9.17) is 16.3 Å². The van der Waals surface area contributed by atoms with Crippen LogP contribution in [0.3, 0.4) is 0 Å². The molecule has 6 heteroatoms. The van der Waals surface area contributed by atoms with E-state index in [9.17, 15) is 14.7 Å². The number of hydrogen-bond acceptors (Lipinski definition) is 3. The van der Waals surface area contributed by atoms with Gasteiger partial charge in [-0.15, -0.1) is 0 Å². The highest BCUT2D eigenvalue weighted by Gasteiger charge is 2.35. The lowest BCUT2D eigenvalue weighted by Crippen LogP contribution is -2.36. The Kier molecular flexibility index (Phi) is 8.32. The summed E-state index contributed by atoms with van der Waals surface area (Å²) in [5.41, 5.74) is 4.22. The van der Waals surface area contributed by atoms with Crippen molar-refractivity contribution in [2.45, 2.75) is 51.0 Å². The Labute approximate surface area is 217 Å². The predicted molar refractivity (Wildman–Crippen MR) is 142 cm³/mol. The molecule has 0 radical (unpaired) electrons. The molecule has 188 valence electrons. The zero-order valence-corrected chi connectivity index (χ0v) is 21.3. The molecule has 0 aliphatic carbocycles. The molecule has 1 aliphatic heterocycles. The fourth-order valence-electron chi connectivity index (χ4n) is 4.85. The first-order chi connectivity index (χ1) is 17.3. The van der Waals surface area contributed by atoms with Crippen molar-refractivity contribution in [3.05, 3.63) is 100 Å². The zero-order valence-electron chi connectivity index (χ0n) is 20.6. The SMILES string of the molecule is C[C@]1(Cc2ccc(Cl)cc2)Cc2cc(CCC(=O)N(CCCc3ccccc3)CC(=O)O)ccc2O1. The third kappa shape index (κ3) is 7.11. The number of benzene rings is 3. The van der Waals surface area contributed by atoms with Gasteiger partial charge in [0.05, 0.1) is 0 Å². The molecule has 4 rings (SSSR count). The standard InChI is InChI=1S/C30H32ClNO4/c1-30(19-24-9-13-26(31)14-10-24)20-25-18-23(11-15-27(25)36-30)12-16-28(33)32(21-29(34)35)17-5-8-22-6-3-2-4-7-22/h2-4,6-7,9-11,13-15,18H,5,8,12,16-17,19-21H2,1H3,(H,34,35)/t30-/m0/s1. The van der Waals surface area contributed by atoms with Crippen LogP contribution in [-0.4, -0.2) is 40.6 Å². The summed E-state index contributed by atoms with van der Waals surface area (Å²) in [6, 6.07) is 24.0. The molecule has 3 aromatic carbocycles. The normalized spacial score (nSPS) is 16.3. The Hall–Kier alpha value is -3.31. The van der Waals surface area contributed by atoms with Gasteiger partial charge in [0.25, 0.3) is 0 Å². The zero-order chi connectivity index (χ0) is 25.5. The van der Waals surface area contributed by atoms with Gasteiger partial charge in [0.2, 0.25) is 5.91 Å². The summed E-state index contributed by atoms with van der Waals surface area (Å²) in [5, 5.41) is 10.0. The maximum Gasteiger partial charge on any atom is 0.323 e. The molecule has 36 heavy (non-hydrogen) atoms. The smallest absolute Gasteiger partial charge is 0.323 e. The van der Waals surface area contributed by atoms with Crippen LogP contribution in [-0.2, 0) is 35.3 Å². The average Bonchev–Trinajstić information content (AvgIpc) is 3.18. The van der Waals surface area contributed by atoms with Crippen LogP contribution in [0.25, 0.3) is 0 Å². The molecular formula is C30H32ClNO4. The molecule has 0 fully saturated rings. The van der Waals surface area contributed by atoms with Gasteiger partial charge in [-0.25, -0.2) is 0 Å². The van der Waals surface area contributed by atoms with Crippen molar-refractivity contribution >= 4 is 23.5 Å². The van der Waals surface area contributed by atoms with Gasteiger partial charge in [-0.1, -0.05) is 66.2 Å². The lowest BCUT2D eigenvalue weighted by atomic mass is 9.91. The van der Waals surface area contributed by atoms with Crippen molar-refractivity contribution < 1.29 is 19.4 Å². The van der Waals surface area contributed by atoms with E-state index in [1.54, 1.807) is 0 Å². The summed E-state index contributed by atoms with van der Waals surface area (Å²) in [6.07, 6.45) is 3.95. The van der Waals surface area contributed by atoms with Gasteiger partial charge in [-0.05, 0) is 66.6 Å². The van der Waals surface area contributed by atoms with E-state index >= 15 is 0 Å². The number of rotatable bonds is 11. The molecule has 0 saturated carbocycles. The first kappa shape index (κ1) is 25.8. The molecule has 1 aliphatic rings. The van der Waals surface area contributed by atoms with Gasteiger partial charge in [0, 0.05) is 30.8 Å². The number of amides is 1. The first-order valence-corrected chi connectivity index (χ1v) is 12.8. The second-order valence-corrected chi connectivity index (χ2v) is 10.2. The summed E-state index contributed by atoms with van der Waals surface area (Å²) < 4.78 is 6.30. The molecule has 3 aromatic rings. The second-order valence-electron chi connectivity index (χ2n) is 9.77. The molecule has 0 aromatic heterocycles. The van der Waals surface area contributed by atoms with E-state index in [-0.39, 0.29) is 24.5 Å². The second kappa shape index (κ2) is 11.6. The summed E-state index contributed by atoms with van der Waals surface area (Å²) in [6.45, 7) is 2.28. The third-order valence-electron chi connectivity index (χ3n) is 6.58. The number of carboxylic acid groups (broad SMARTS) is 1. The van der Waals surface area contributed by atoms with Gasteiger partial charge >= 0.3 is 5.97 Å². The summed E-state index contributed by atoms with van der Waals surface area (Å²) >= 11 is 6.01. The number of aryl methyl sites for hydroxylation is 2. The molecule has 1 heterocycles. The van der Waals surface area contributed by atoms with E-state index in [0.717, 1.165) is 47.6 Å². The number of nitrogens with zero attached hydrogens (tertiary/aromatic N) is 1. The maximum atomic E-state index is 12.9.